The molecule has 7 nitrogen and oxygen atoms in total. The second-order valence-corrected chi connectivity index (χ2v) is 7.75. The molecule has 32 heavy (non-hydrogen) atoms. The SMILES string of the molecule is COc1ccccc1-c1nc(C(F)(F)F)c(C(=O)NC(C)c2cccc(NC(=N)N)c2)s1. The first-order valence-electron chi connectivity index (χ1n) is 9.33. The summed E-state index contributed by atoms with van der Waals surface area (Å²) in [5, 5.41) is 12.5. The lowest BCUT2D eigenvalue weighted by Gasteiger charge is -2.16. The number of amides is 1. The van der Waals surface area contributed by atoms with E-state index in [1.54, 1.807) is 55.5 Å². The Bertz CT molecular complexity index is 1150. The van der Waals surface area contributed by atoms with Gasteiger partial charge in [0.25, 0.3) is 5.91 Å². The molecule has 0 fully saturated rings. The summed E-state index contributed by atoms with van der Waals surface area (Å²) in [6, 6.07) is 12.6. The molecule has 0 saturated heterocycles. The molecule has 11 heteroatoms. The van der Waals surface area contributed by atoms with E-state index in [-0.39, 0.29) is 11.0 Å². The van der Waals surface area contributed by atoms with Crippen molar-refractivity contribution >= 4 is 28.9 Å². The van der Waals surface area contributed by atoms with Crippen LogP contribution in [0.1, 0.15) is 33.9 Å². The molecule has 0 aliphatic carbocycles. The molecule has 2 aromatic carbocycles. The van der Waals surface area contributed by atoms with Crippen molar-refractivity contribution in [2.75, 3.05) is 12.4 Å². The predicted molar refractivity (Wildman–Crippen MR) is 117 cm³/mol. The number of alkyl halides is 3. The van der Waals surface area contributed by atoms with E-state index in [9.17, 15) is 18.0 Å². The topological polar surface area (TPSA) is 113 Å². The van der Waals surface area contributed by atoms with Crippen molar-refractivity contribution in [1.29, 1.82) is 5.41 Å². The highest BCUT2D eigenvalue weighted by Gasteiger charge is 2.40. The summed E-state index contributed by atoms with van der Waals surface area (Å²) in [5.74, 6) is -0.805. The van der Waals surface area contributed by atoms with Gasteiger partial charge in [-0.2, -0.15) is 13.2 Å². The number of anilines is 1. The number of ether oxygens (including phenoxy) is 1. The quantitative estimate of drug-likeness (QED) is 0.314. The van der Waals surface area contributed by atoms with Gasteiger partial charge in [0.1, 0.15) is 15.6 Å². The smallest absolute Gasteiger partial charge is 0.435 e. The minimum Gasteiger partial charge on any atom is -0.496 e. The molecule has 3 rings (SSSR count). The third kappa shape index (κ3) is 5.17. The fourth-order valence-corrected chi connectivity index (χ4v) is 4.01. The van der Waals surface area contributed by atoms with Crippen LogP contribution in [0.15, 0.2) is 48.5 Å². The van der Waals surface area contributed by atoms with E-state index in [0.717, 1.165) is 0 Å². The number of carbonyl (C=O) groups excluding carboxylic acids is 1. The number of thiazole rings is 1. The molecule has 1 heterocycles. The minimum atomic E-state index is -4.81. The van der Waals surface area contributed by atoms with Crippen LogP contribution in [0.2, 0.25) is 0 Å². The summed E-state index contributed by atoms with van der Waals surface area (Å²) in [6.45, 7) is 1.64. The molecule has 5 N–H and O–H groups in total. The van der Waals surface area contributed by atoms with Gasteiger partial charge in [-0.05, 0) is 36.8 Å². The molecule has 0 aliphatic rings. The molecule has 0 spiro atoms. The Balaban J connectivity index is 1.92. The van der Waals surface area contributed by atoms with Crippen LogP contribution in [0.3, 0.4) is 0 Å². The predicted octanol–water partition coefficient (Wildman–Crippen LogP) is 4.63. The molecule has 3 aromatic rings. The van der Waals surface area contributed by atoms with E-state index in [4.69, 9.17) is 15.9 Å². The molecule has 0 saturated carbocycles. The molecular formula is C21H20F3N5O2S. The van der Waals surface area contributed by atoms with Gasteiger partial charge >= 0.3 is 6.18 Å². The van der Waals surface area contributed by atoms with Crippen LogP contribution in [0.25, 0.3) is 10.6 Å². The number of guanidine groups is 1. The molecule has 0 bridgehead atoms. The molecule has 1 atom stereocenters. The third-order valence-corrected chi connectivity index (χ3v) is 5.54. The van der Waals surface area contributed by atoms with Gasteiger partial charge in [-0.25, -0.2) is 4.98 Å². The number of rotatable bonds is 6. The van der Waals surface area contributed by atoms with E-state index in [1.165, 1.54) is 7.11 Å². The van der Waals surface area contributed by atoms with E-state index in [1.807, 2.05) is 0 Å². The highest BCUT2D eigenvalue weighted by Crippen LogP contribution is 2.40. The lowest BCUT2D eigenvalue weighted by atomic mass is 10.1. The van der Waals surface area contributed by atoms with Gasteiger partial charge in [-0.3, -0.25) is 10.2 Å². The summed E-state index contributed by atoms with van der Waals surface area (Å²) < 4.78 is 46.2. The van der Waals surface area contributed by atoms with Crippen molar-refractivity contribution in [3.8, 4) is 16.3 Å². The molecule has 1 unspecified atom stereocenters. The van der Waals surface area contributed by atoms with Crippen LogP contribution in [-0.4, -0.2) is 24.0 Å². The lowest BCUT2D eigenvalue weighted by molar-refractivity contribution is -0.141. The maximum absolute atomic E-state index is 13.6. The van der Waals surface area contributed by atoms with Crippen LogP contribution in [-0.2, 0) is 6.18 Å². The van der Waals surface area contributed by atoms with Crippen LogP contribution in [0, 0.1) is 5.41 Å². The normalized spacial score (nSPS) is 12.2. The van der Waals surface area contributed by atoms with Gasteiger partial charge in [-0.15, -0.1) is 11.3 Å². The number of nitrogens with zero attached hydrogens (tertiary/aromatic N) is 1. The fraction of sp³-hybridized carbons (Fsp3) is 0.190. The number of aromatic nitrogens is 1. The van der Waals surface area contributed by atoms with E-state index in [0.29, 0.717) is 33.9 Å². The monoisotopic (exact) mass is 463 g/mol. The van der Waals surface area contributed by atoms with Crippen molar-refractivity contribution in [2.24, 2.45) is 5.73 Å². The maximum Gasteiger partial charge on any atom is 0.435 e. The number of nitrogens with one attached hydrogen (secondary N) is 3. The van der Waals surface area contributed by atoms with Gasteiger partial charge in [0, 0.05) is 5.69 Å². The van der Waals surface area contributed by atoms with Crippen molar-refractivity contribution in [3.63, 3.8) is 0 Å². The number of benzene rings is 2. The summed E-state index contributed by atoms with van der Waals surface area (Å²) in [7, 11) is 1.40. The standard InChI is InChI=1S/C21H20F3N5O2S/c1-11(12-6-5-7-13(10-12)28-20(25)26)27-18(30)16-17(21(22,23)24)29-19(32-16)14-8-3-4-9-15(14)31-2/h3-11H,1-2H3,(H,27,30)(H4,25,26,28). The van der Waals surface area contributed by atoms with E-state index in [2.05, 4.69) is 15.6 Å². The van der Waals surface area contributed by atoms with Gasteiger partial charge in [0.2, 0.25) is 0 Å². The number of halogens is 3. The van der Waals surface area contributed by atoms with Gasteiger partial charge in [0.15, 0.2) is 11.7 Å². The van der Waals surface area contributed by atoms with Crippen molar-refractivity contribution in [3.05, 3.63) is 64.7 Å². The molecular weight excluding hydrogens is 443 g/mol. The van der Waals surface area contributed by atoms with Gasteiger partial charge in [-0.1, -0.05) is 24.3 Å². The molecule has 0 radical (unpaired) electrons. The number of para-hydroxylation sites is 1. The number of nitrogens with two attached hydrogens (primary N) is 1. The first-order chi connectivity index (χ1) is 15.1. The highest BCUT2D eigenvalue weighted by atomic mass is 32.1. The zero-order chi connectivity index (χ0) is 23.5. The Hall–Kier alpha value is -3.60. The zero-order valence-corrected chi connectivity index (χ0v) is 17.9. The van der Waals surface area contributed by atoms with Crippen molar-refractivity contribution < 1.29 is 22.7 Å². The van der Waals surface area contributed by atoms with E-state index < -0.39 is 28.7 Å². The second-order valence-electron chi connectivity index (χ2n) is 6.75. The second kappa shape index (κ2) is 9.27. The van der Waals surface area contributed by atoms with Crippen molar-refractivity contribution in [2.45, 2.75) is 19.1 Å². The van der Waals surface area contributed by atoms with Gasteiger partial charge < -0.3 is 21.1 Å². The Morgan fingerprint density at radius 1 is 1.22 bits per heavy atom. The Morgan fingerprint density at radius 3 is 2.59 bits per heavy atom. The molecule has 1 aromatic heterocycles. The van der Waals surface area contributed by atoms with Crippen molar-refractivity contribution in [1.82, 2.24) is 10.3 Å². The molecule has 0 aliphatic heterocycles. The fourth-order valence-electron chi connectivity index (χ4n) is 2.99. The highest BCUT2D eigenvalue weighted by molar-refractivity contribution is 7.17. The first kappa shape index (κ1) is 23.1. The molecule has 168 valence electrons. The minimum absolute atomic E-state index is 0.0280. The number of carbonyl (C=O) groups is 1. The summed E-state index contributed by atoms with van der Waals surface area (Å²) in [4.78, 5) is 16.0. The Kier molecular flexibility index (Phi) is 6.68. The van der Waals surface area contributed by atoms with Crippen LogP contribution >= 0.6 is 11.3 Å². The maximum atomic E-state index is 13.6. The average Bonchev–Trinajstić information content (AvgIpc) is 3.19. The summed E-state index contributed by atoms with van der Waals surface area (Å²) >= 11 is 0.646. The number of methoxy groups -OCH3 is 1. The van der Waals surface area contributed by atoms with Crippen LogP contribution < -0.4 is 21.1 Å². The Labute approximate surface area is 185 Å². The lowest BCUT2D eigenvalue weighted by Crippen LogP contribution is -2.28. The largest absolute Gasteiger partial charge is 0.496 e. The third-order valence-electron chi connectivity index (χ3n) is 4.45. The summed E-state index contributed by atoms with van der Waals surface area (Å²) in [5.41, 5.74) is 5.56. The number of hydrogen-bond acceptors (Lipinski definition) is 5. The number of hydrogen-bond donors (Lipinski definition) is 4. The average molecular weight is 463 g/mol. The van der Waals surface area contributed by atoms with Crippen LogP contribution in [0.5, 0.6) is 5.75 Å². The Morgan fingerprint density at radius 2 is 1.94 bits per heavy atom. The molecule has 1 amide bonds. The van der Waals surface area contributed by atoms with E-state index >= 15 is 0 Å². The summed E-state index contributed by atoms with van der Waals surface area (Å²) in [6.07, 6.45) is -4.81. The zero-order valence-electron chi connectivity index (χ0n) is 17.1. The van der Waals surface area contributed by atoms with Gasteiger partial charge in [0.05, 0.1) is 18.7 Å². The van der Waals surface area contributed by atoms with Crippen LogP contribution in [0.4, 0.5) is 18.9 Å². The first-order valence-corrected chi connectivity index (χ1v) is 10.1.